The molecule has 0 bridgehead atoms. The first-order valence-corrected chi connectivity index (χ1v) is 5.96. The fraction of sp³-hybridized carbons (Fsp3) is 0.417. The molecule has 1 aromatic carbocycles. The first-order chi connectivity index (χ1) is 9.35. The van der Waals surface area contributed by atoms with Gasteiger partial charge in [0.15, 0.2) is 0 Å². The van der Waals surface area contributed by atoms with Crippen molar-refractivity contribution in [3.8, 4) is 0 Å². The van der Waals surface area contributed by atoms with Crippen LogP contribution in [0.4, 0.5) is 20.2 Å². The normalized spacial score (nSPS) is 11.9. The maximum Gasteiger partial charge on any atom is 0.327 e. The second-order valence-corrected chi connectivity index (χ2v) is 4.27. The smallest absolute Gasteiger partial charge is 0.327 e. The van der Waals surface area contributed by atoms with Crippen LogP contribution in [0.1, 0.15) is 26.2 Å². The summed E-state index contributed by atoms with van der Waals surface area (Å²) in [4.78, 5) is 20.5. The molecular weight excluding hydrogens is 274 g/mol. The number of carboxylic acids is 1. The van der Waals surface area contributed by atoms with Gasteiger partial charge in [-0.05, 0) is 6.42 Å². The number of anilines is 1. The molecule has 0 saturated carbocycles. The molecule has 0 spiro atoms. The monoisotopic (exact) mass is 288 g/mol. The number of hydrogen-bond acceptors (Lipinski definition) is 4. The predicted octanol–water partition coefficient (Wildman–Crippen LogP) is 2.93. The van der Waals surface area contributed by atoms with Gasteiger partial charge in [0.1, 0.15) is 11.5 Å². The minimum atomic E-state index is -1.30. The highest BCUT2D eigenvalue weighted by Crippen LogP contribution is 2.30. The van der Waals surface area contributed by atoms with Crippen LogP contribution in [0.15, 0.2) is 12.1 Å². The van der Waals surface area contributed by atoms with E-state index in [1.54, 1.807) is 6.92 Å². The van der Waals surface area contributed by atoms with Crippen molar-refractivity contribution in [3.63, 3.8) is 0 Å². The van der Waals surface area contributed by atoms with Crippen molar-refractivity contribution >= 4 is 17.3 Å². The van der Waals surface area contributed by atoms with E-state index in [1.807, 2.05) is 0 Å². The lowest BCUT2D eigenvalue weighted by molar-refractivity contribution is -0.386. The summed E-state index contributed by atoms with van der Waals surface area (Å²) in [6.45, 7) is 1.80. The zero-order valence-electron chi connectivity index (χ0n) is 10.7. The Balaban J connectivity index is 3.10. The largest absolute Gasteiger partial charge is 0.481 e. The lowest BCUT2D eigenvalue weighted by Crippen LogP contribution is -2.23. The molecule has 6 nitrogen and oxygen atoms in total. The van der Waals surface area contributed by atoms with E-state index >= 15 is 0 Å². The zero-order chi connectivity index (χ0) is 15.3. The SMILES string of the molecule is CCCC(CC(=O)O)Nc1cc(F)cc(F)c1[N+](=O)[O-]. The third-order valence-electron chi connectivity index (χ3n) is 2.63. The highest BCUT2D eigenvalue weighted by Gasteiger charge is 2.24. The molecule has 1 rings (SSSR count). The van der Waals surface area contributed by atoms with E-state index in [-0.39, 0.29) is 12.1 Å². The summed E-state index contributed by atoms with van der Waals surface area (Å²) in [5.41, 5.74) is -1.25. The summed E-state index contributed by atoms with van der Waals surface area (Å²) in [5, 5.41) is 22.1. The second kappa shape index (κ2) is 6.78. The van der Waals surface area contributed by atoms with Crippen molar-refractivity contribution in [3.05, 3.63) is 33.9 Å². The van der Waals surface area contributed by atoms with Gasteiger partial charge in [-0.3, -0.25) is 14.9 Å². The van der Waals surface area contributed by atoms with Crippen LogP contribution in [-0.4, -0.2) is 22.0 Å². The molecular formula is C12H14F2N2O4. The molecule has 20 heavy (non-hydrogen) atoms. The van der Waals surface area contributed by atoms with Gasteiger partial charge in [-0.15, -0.1) is 0 Å². The number of halogens is 2. The molecule has 8 heteroatoms. The van der Waals surface area contributed by atoms with Crippen LogP contribution in [0.25, 0.3) is 0 Å². The molecule has 110 valence electrons. The Bertz CT molecular complexity index is 522. The number of carbonyl (C=O) groups is 1. The van der Waals surface area contributed by atoms with Crippen molar-refractivity contribution in [1.29, 1.82) is 0 Å². The molecule has 0 amide bonds. The number of hydrogen-bond donors (Lipinski definition) is 2. The molecule has 0 saturated heterocycles. The molecule has 0 aliphatic heterocycles. The summed E-state index contributed by atoms with van der Waals surface area (Å²) in [7, 11) is 0. The van der Waals surface area contributed by atoms with E-state index in [0.717, 1.165) is 6.07 Å². The topological polar surface area (TPSA) is 92.5 Å². The molecule has 0 aliphatic carbocycles. The van der Waals surface area contributed by atoms with Crippen LogP contribution in [0.3, 0.4) is 0 Å². The molecule has 1 unspecified atom stereocenters. The summed E-state index contributed by atoms with van der Waals surface area (Å²) in [6, 6.07) is 0.554. The lowest BCUT2D eigenvalue weighted by Gasteiger charge is -2.17. The summed E-state index contributed by atoms with van der Waals surface area (Å²) in [6.07, 6.45) is 0.723. The second-order valence-electron chi connectivity index (χ2n) is 4.27. The molecule has 1 atom stereocenters. The molecule has 1 aromatic rings. The van der Waals surface area contributed by atoms with Gasteiger partial charge in [-0.2, -0.15) is 4.39 Å². The number of benzene rings is 1. The predicted molar refractivity (Wildman–Crippen MR) is 67.6 cm³/mol. The standard InChI is InChI=1S/C12H14F2N2O4/c1-2-3-8(6-11(17)18)15-10-5-7(13)4-9(14)12(10)16(19)20/h4-5,8,15H,2-3,6H2,1H3,(H,17,18). The van der Waals surface area contributed by atoms with Gasteiger partial charge in [0, 0.05) is 18.2 Å². The van der Waals surface area contributed by atoms with Crippen LogP contribution >= 0.6 is 0 Å². The molecule has 2 N–H and O–H groups in total. The number of carboxylic acid groups (broad SMARTS) is 1. The van der Waals surface area contributed by atoms with Crippen LogP contribution in [0.5, 0.6) is 0 Å². The van der Waals surface area contributed by atoms with Crippen molar-refractivity contribution in [2.75, 3.05) is 5.32 Å². The Morgan fingerprint density at radius 3 is 2.65 bits per heavy atom. The van der Waals surface area contributed by atoms with Crippen molar-refractivity contribution in [2.24, 2.45) is 0 Å². The number of nitro groups is 1. The minimum absolute atomic E-state index is 0.302. The van der Waals surface area contributed by atoms with Gasteiger partial charge in [-0.1, -0.05) is 13.3 Å². The number of nitrogens with one attached hydrogen (secondary N) is 1. The maximum absolute atomic E-state index is 13.4. The molecule has 0 heterocycles. The van der Waals surface area contributed by atoms with Gasteiger partial charge < -0.3 is 10.4 Å². The van der Waals surface area contributed by atoms with Crippen LogP contribution in [0, 0.1) is 21.7 Å². The quantitative estimate of drug-likeness (QED) is 0.594. The van der Waals surface area contributed by atoms with Gasteiger partial charge in [0.2, 0.25) is 5.82 Å². The Morgan fingerprint density at radius 2 is 2.15 bits per heavy atom. The molecule has 0 fully saturated rings. The maximum atomic E-state index is 13.4. The summed E-state index contributed by atoms with van der Waals surface area (Å²) >= 11 is 0. The number of nitrogens with zero attached hydrogens (tertiary/aromatic N) is 1. The number of nitro benzene ring substituents is 1. The van der Waals surface area contributed by atoms with E-state index < -0.39 is 34.3 Å². The van der Waals surface area contributed by atoms with Crippen LogP contribution < -0.4 is 5.32 Å². The number of rotatable bonds is 7. The lowest BCUT2D eigenvalue weighted by atomic mass is 10.1. The summed E-state index contributed by atoms with van der Waals surface area (Å²) < 4.78 is 26.6. The van der Waals surface area contributed by atoms with Gasteiger partial charge >= 0.3 is 11.7 Å². The third kappa shape index (κ3) is 4.15. The molecule has 0 radical (unpaired) electrons. The molecule has 0 aliphatic rings. The van der Waals surface area contributed by atoms with Gasteiger partial charge in [0.25, 0.3) is 0 Å². The highest BCUT2D eigenvalue weighted by atomic mass is 19.1. The van der Waals surface area contributed by atoms with Crippen molar-refractivity contribution in [1.82, 2.24) is 0 Å². The van der Waals surface area contributed by atoms with Crippen LogP contribution in [0.2, 0.25) is 0 Å². The van der Waals surface area contributed by atoms with E-state index in [1.165, 1.54) is 0 Å². The zero-order valence-corrected chi connectivity index (χ0v) is 10.7. The van der Waals surface area contributed by atoms with E-state index in [9.17, 15) is 23.7 Å². The first kappa shape index (κ1) is 15.8. The minimum Gasteiger partial charge on any atom is -0.481 e. The Hall–Kier alpha value is -2.25. The first-order valence-electron chi connectivity index (χ1n) is 5.96. The van der Waals surface area contributed by atoms with Crippen molar-refractivity contribution in [2.45, 2.75) is 32.2 Å². The summed E-state index contributed by atoms with van der Waals surface area (Å²) in [5.74, 6) is -3.38. The number of aliphatic carboxylic acids is 1. The van der Waals surface area contributed by atoms with Crippen molar-refractivity contribution < 1.29 is 23.6 Å². The highest BCUT2D eigenvalue weighted by molar-refractivity contribution is 5.69. The van der Waals surface area contributed by atoms with Gasteiger partial charge in [0.05, 0.1) is 11.3 Å². The Labute approximate surface area is 113 Å². The fourth-order valence-corrected chi connectivity index (χ4v) is 1.87. The fourth-order valence-electron chi connectivity index (χ4n) is 1.87. The average Bonchev–Trinajstić information content (AvgIpc) is 2.26. The molecule has 0 aromatic heterocycles. The third-order valence-corrected chi connectivity index (χ3v) is 2.63. The average molecular weight is 288 g/mol. The Kier molecular flexibility index (Phi) is 5.36. The van der Waals surface area contributed by atoms with Gasteiger partial charge in [-0.25, -0.2) is 4.39 Å². The van der Waals surface area contributed by atoms with E-state index in [2.05, 4.69) is 5.32 Å². The van der Waals surface area contributed by atoms with Crippen LogP contribution in [-0.2, 0) is 4.79 Å². The van der Waals surface area contributed by atoms with E-state index in [0.29, 0.717) is 18.9 Å². The van der Waals surface area contributed by atoms with E-state index in [4.69, 9.17) is 5.11 Å². The Morgan fingerprint density at radius 1 is 1.50 bits per heavy atom.